The number of likely N-dealkylation sites (tertiary alicyclic amines) is 2. The predicted molar refractivity (Wildman–Crippen MR) is 221 cm³/mol. The van der Waals surface area contributed by atoms with Gasteiger partial charge in [-0.25, -0.2) is 37.1 Å². The molecule has 63 heavy (non-hydrogen) atoms. The number of carbonyl (C=O) groups excluding carboxylic acids is 4. The number of hydrogen-bond donors (Lipinski definition) is 4. The van der Waals surface area contributed by atoms with Crippen LogP contribution in [0.5, 0.6) is 5.75 Å². The van der Waals surface area contributed by atoms with Crippen LogP contribution in [0.2, 0.25) is 0 Å². The highest BCUT2D eigenvalue weighted by Crippen LogP contribution is 2.47. The average molecular weight is 886 g/mol. The third kappa shape index (κ3) is 9.16. The number of hydrogen-bond acceptors (Lipinski definition) is 10. The smallest absolute Gasteiger partial charge is 0.407 e. The topological polar surface area (TPSA) is 187 Å². The van der Waals surface area contributed by atoms with Gasteiger partial charge >= 0.3 is 12.2 Å². The first-order chi connectivity index (χ1) is 29.8. The van der Waals surface area contributed by atoms with Crippen molar-refractivity contribution in [3.05, 3.63) is 60.2 Å². The molecular formula is C43H55F4N9O7. The lowest BCUT2D eigenvalue weighted by Crippen LogP contribution is -2.51. The number of methoxy groups -OCH3 is 2. The lowest BCUT2D eigenvalue weighted by Gasteiger charge is -2.38. The van der Waals surface area contributed by atoms with E-state index in [1.165, 1.54) is 13.3 Å². The molecule has 4 aliphatic rings. The Morgan fingerprint density at radius 2 is 1.41 bits per heavy atom. The third-order valence-electron chi connectivity index (χ3n) is 12.4. The van der Waals surface area contributed by atoms with Gasteiger partial charge in [-0.2, -0.15) is 0 Å². The van der Waals surface area contributed by atoms with E-state index in [-0.39, 0.29) is 29.5 Å². The number of ether oxygens (including phenoxy) is 3. The number of alkyl carbamates (subject to hydrolysis) is 2. The van der Waals surface area contributed by atoms with Crippen molar-refractivity contribution in [3.8, 4) is 17.0 Å². The Labute approximate surface area is 362 Å². The van der Waals surface area contributed by atoms with Crippen LogP contribution in [-0.4, -0.2) is 118 Å². The number of rotatable bonds is 13. The van der Waals surface area contributed by atoms with Crippen molar-refractivity contribution in [1.82, 2.24) is 40.4 Å². The minimum atomic E-state index is -3.18. The summed E-state index contributed by atoms with van der Waals surface area (Å²) in [5.74, 6) is -7.61. The summed E-state index contributed by atoms with van der Waals surface area (Å²) in [5.41, 5.74) is 2.76. The van der Waals surface area contributed by atoms with E-state index in [1.807, 2.05) is 24.4 Å². The quantitative estimate of drug-likeness (QED) is 0.135. The van der Waals surface area contributed by atoms with Crippen molar-refractivity contribution in [1.29, 1.82) is 0 Å². The molecular weight excluding hydrogens is 831 g/mol. The molecule has 2 aromatic heterocycles. The molecule has 16 nitrogen and oxygen atoms in total. The van der Waals surface area contributed by atoms with Crippen LogP contribution in [0, 0.1) is 17.8 Å². The van der Waals surface area contributed by atoms with Gasteiger partial charge in [0.15, 0.2) is 0 Å². The second-order valence-electron chi connectivity index (χ2n) is 17.5. The summed E-state index contributed by atoms with van der Waals surface area (Å²) in [6.45, 7) is 7.56. The van der Waals surface area contributed by atoms with Gasteiger partial charge < -0.3 is 49.5 Å². The Morgan fingerprint density at radius 3 is 1.95 bits per heavy atom. The Hall–Kier alpha value is -5.82. The summed E-state index contributed by atoms with van der Waals surface area (Å²) in [4.78, 5) is 71.1. The Morgan fingerprint density at radius 1 is 0.857 bits per heavy atom. The number of aromatic amines is 2. The van der Waals surface area contributed by atoms with Gasteiger partial charge in [0.25, 0.3) is 11.8 Å². The minimum Gasteiger partial charge on any atom is -0.489 e. The van der Waals surface area contributed by atoms with E-state index in [0.717, 1.165) is 41.1 Å². The number of amides is 4. The second-order valence-corrected chi connectivity index (χ2v) is 17.5. The van der Waals surface area contributed by atoms with Crippen LogP contribution in [0.3, 0.4) is 0 Å². The van der Waals surface area contributed by atoms with Crippen LogP contribution in [0.1, 0.15) is 95.6 Å². The zero-order valence-corrected chi connectivity index (χ0v) is 36.3. The lowest BCUT2D eigenvalue weighted by molar-refractivity contribution is -0.137. The lowest BCUT2D eigenvalue weighted by atomic mass is 9.82. The Bertz CT molecular complexity index is 2210. The van der Waals surface area contributed by atoms with E-state index in [4.69, 9.17) is 4.74 Å². The van der Waals surface area contributed by atoms with Gasteiger partial charge in [-0.05, 0) is 30.4 Å². The summed E-state index contributed by atoms with van der Waals surface area (Å²) < 4.78 is 75.6. The van der Waals surface area contributed by atoms with Crippen molar-refractivity contribution in [3.63, 3.8) is 0 Å². The summed E-state index contributed by atoms with van der Waals surface area (Å²) in [6, 6.07) is 1.21. The van der Waals surface area contributed by atoms with Crippen molar-refractivity contribution < 1.29 is 51.0 Å². The molecule has 4 aliphatic heterocycles. The highest BCUT2D eigenvalue weighted by Gasteiger charge is 2.52. The maximum Gasteiger partial charge on any atom is 0.407 e. The number of imidazole rings is 2. The molecule has 4 N–H and O–H groups in total. The van der Waals surface area contributed by atoms with Crippen molar-refractivity contribution in [2.24, 2.45) is 17.8 Å². The highest BCUT2D eigenvalue weighted by atomic mass is 19.3. The fourth-order valence-corrected chi connectivity index (χ4v) is 9.22. The van der Waals surface area contributed by atoms with Crippen LogP contribution < -0.4 is 20.3 Å². The molecule has 0 bridgehead atoms. The largest absolute Gasteiger partial charge is 0.489 e. The molecule has 7 rings (SSSR count). The van der Waals surface area contributed by atoms with Crippen molar-refractivity contribution in [2.45, 2.75) is 108 Å². The molecule has 0 spiro atoms. The van der Waals surface area contributed by atoms with E-state index in [0.29, 0.717) is 23.6 Å². The molecule has 20 heteroatoms. The number of nitrogens with one attached hydrogen (secondary N) is 4. The highest BCUT2D eigenvalue weighted by molar-refractivity contribution is 5.87. The molecule has 7 unspecified atom stereocenters. The molecule has 3 aromatic rings. The number of nitrogens with zero attached hydrogens (tertiary/aromatic N) is 5. The molecule has 4 amide bonds. The van der Waals surface area contributed by atoms with Gasteiger partial charge in [0.05, 0.1) is 63.0 Å². The van der Waals surface area contributed by atoms with Crippen LogP contribution in [0.4, 0.5) is 32.8 Å². The summed E-state index contributed by atoms with van der Waals surface area (Å²) in [7, 11) is 2.32. The molecule has 342 valence electrons. The van der Waals surface area contributed by atoms with E-state index in [2.05, 4.69) is 57.9 Å². The SMILES string of the molecule is CCCC(c1cnc(C2CC(F)(F)CN2C(=O)C(NC(=O)OC)C(C)C)[nH]1)C1C=CN2c3ccc(-c4cnc(C5CC(F)(F)CN5C(=O)C(NC(=O)OC)C(C)C)[nH]4)cc3OCC12. The van der Waals surface area contributed by atoms with Crippen LogP contribution in [0.25, 0.3) is 11.3 Å². The Balaban J connectivity index is 1.07. The number of aromatic nitrogens is 4. The molecule has 2 fully saturated rings. The zero-order chi connectivity index (χ0) is 45.5. The standard InChI is InChI=1S/C43H55F4N9O7/c1-8-9-25(28-18-49-37(51-28)31-16-43(46,47)21-56(31)39(58)35(23(4)5)53-41(60)62-7)26-12-13-54-29-11-10-24(14-33(29)63-19-32(26)54)27-17-48-36(50-27)30-15-42(44,45)20-55(30)38(57)34(22(2)3)52-40(59)61-6/h10-14,17-18,22-23,25-26,30-32,34-35H,8-9,15-16,19-21H2,1-7H3,(H,48,50)(H,49,51)(H,52,59)(H,53,60). The molecule has 7 atom stereocenters. The summed E-state index contributed by atoms with van der Waals surface area (Å²) in [6.07, 6.45) is 5.92. The first-order valence-corrected chi connectivity index (χ1v) is 21.2. The molecule has 0 saturated carbocycles. The van der Waals surface area contributed by atoms with Gasteiger partial charge in [0.2, 0.25) is 11.8 Å². The second kappa shape index (κ2) is 17.7. The zero-order valence-electron chi connectivity index (χ0n) is 36.3. The van der Waals surface area contributed by atoms with Gasteiger partial charge in [-0.1, -0.05) is 53.2 Å². The number of alkyl halides is 4. The van der Waals surface area contributed by atoms with Crippen LogP contribution in [0.15, 0.2) is 42.9 Å². The van der Waals surface area contributed by atoms with Crippen LogP contribution >= 0.6 is 0 Å². The number of anilines is 1. The van der Waals surface area contributed by atoms with E-state index < -0.39 is 97.8 Å². The van der Waals surface area contributed by atoms with Gasteiger partial charge in [-0.3, -0.25) is 9.59 Å². The fraction of sp³-hybridized carbons (Fsp3) is 0.581. The van der Waals surface area contributed by atoms with E-state index >= 15 is 8.78 Å². The average Bonchev–Trinajstić information content (AvgIpc) is 4.09. The van der Waals surface area contributed by atoms with Gasteiger partial charge in [-0.15, -0.1) is 0 Å². The maximum atomic E-state index is 15.0. The minimum absolute atomic E-state index is 0.0631. The first kappa shape index (κ1) is 45.2. The third-order valence-corrected chi connectivity index (χ3v) is 12.4. The van der Waals surface area contributed by atoms with E-state index in [9.17, 15) is 28.0 Å². The normalized spacial score (nSPS) is 23.5. The summed E-state index contributed by atoms with van der Waals surface area (Å²) in [5, 5.41) is 4.96. The number of benzene rings is 1. The maximum absolute atomic E-state index is 15.0. The number of halogens is 4. The van der Waals surface area contributed by atoms with Gasteiger partial charge in [0.1, 0.15) is 36.1 Å². The molecule has 2 saturated heterocycles. The summed E-state index contributed by atoms with van der Waals surface area (Å²) >= 11 is 0. The number of fused-ring (bicyclic) bond motifs is 3. The van der Waals surface area contributed by atoms with Crippen LogP contribution in [-0.2, 0) is 19.1 Å². The monoisotopic (exact) mass is 885 g/mol. The molecule has 0 radical (unpaired) electrons. The molecule has 0 aliphatic carbocycles. The van der Waals surface area contributed by atoms with Crippen molar-refractivity contribution in [2.75, 3.05) is 38.8 Å². The van der Waals surface area contributed by atoms with Crippen molar-refractivity contribution >= 4 is 29.7 Å². The van der Waals surface area contributed by atoms with Gasteiger partial charge in [0, 0.05) is 48.3 Å². The molecule has 6 heterocycles. The van der Waals surface area contributed by atoms with E-state index in [1.54, 1.807) is 33.9 Å². The number of carbonyl (C=O) groups is 4. The Kier molecular flexibility index (Phi) is 12.7. The predicted octanol–water partition coefficient (Wildman–Crippen LogP) is 6.67. The molecule has 1 aromatic carbocycles. The fourth-order valence-electron chi connectivity index (χ4n) is 9.22. The number of H-pyrrole nitrogens is 2. The first-order valence-electron chi connectivity index (χ1n) is 21.2.